The first-order valence-corrected chi connectivity index (χ1v) is 4.01. The molecule has 68 valence electrons. The van der Waals surface area contributed by atoms with Gasteiger partial charge in [-0.15, -0.1) is 0 Å². The largest absolute Gasteiger partial charge is 0.433 e. The minimum Gasteiger partial charge on any atom is -0.416 e. The van der Waals surface area contributed by atoms with Crippen molar-refractivity contribution in [2.75, 3.05) is 0 Å². The molecule has 2 rings (SSSR count). The summed E-state index contributed by atoms with van der Waals surface area (Å²) in [4.78, 5) is 15.4. The second-order valence-corrected chi connectivity index (χ2v) is 2.74. The van der Waals surface area contributed by atoms with Gasteiger partial charge in [-0.25, -0.2) is 9.63 Å². The van der Waals surface area contributed by atoms with Crippen molar-refractivity contribution < 1.29 is 14.4 Å². The lowest BCUT2D eigenvalue weighted by Crippen LogP contribution is -2.13. The minimum atomic E-state index is -0.527. The molecule has 0 aromatic heterocycles. The summed E-state index contributed by atoms with van der Waals surface area (Å²) < 4.78 is 4.79. The molecule has 4 nitrogen and oxygen atoms in total. The molecule has 1 aliphatic heterocycles. The van der Waals surface area contributed by atoms with E-state index in [1.54, 1.807) is 0 Å². The topological polar surface area (TPSA) is 47.6 Å². The van der Waals surface area contributed by atoms with E-state index < -0.39 is 12.4 Å². The van der Waals surface area contributed by atoms with Crippen LogP contribution in [0, 0.1) is 0 Å². The van der Waals surface area contributed by atoms with Gasteiger partial charge in [0, 0.05) is 6.42 Å². The van der Waals surface area contributed by atoms with Crippen molar-refractivity contribution in [3.63, 3.8) is 0 Å². The molecular formula is C9H9NO3. The summed E-state index contributed by atoms with van der Waals surface area (Å²) in [5, 5.41) is 0. The van der Waals surface area contributed by atoms with Gasteiger partial charge in [-0.2, -0.15) is 5.48 Å². The molecule has 4 heteroatoms. The normalized spacial score (nSPS) is 20.9. The molecular weight excluding hydrogens is 170 g/mol. The zero-order valence-corrected chi connectivity index (χ0v) is 6.90. The van der Waals surface area contributed by atoms with Crippen LogP contribution in [-0.4, -0.2) is 12.4 Å². The molecule has 0 radical (unpaired) electrons. The first kappa shape index (κ1) is 8.07. The fourth-order valence-electron chi connectivity index (χ4n) is 1.17. The van der Waals surface area contributed by atoms with Crippen molar-refractivity contribution in [1.82, 2.24) is 5.48 Å². The number of rotatable bonds is 2. The number of cyclic esters (lactones) is 1. The summed E-state index contributed by atoms with van der Waals surface area (Å²) in [7, 11) is 0. The SMILES string of the molecule is O=C1NOC(Cc2ccccc2)O1. The van der Waals surface area contributed by atoms with Crippen molar-refractivity contribution in [3.8, 4) is 0 Å². The first-order valence-electron chi connectivity index (χ1n) is 4.01. The first-order chi connectivity index (χ1) is 6.34. The van der Waals surface area contributed by atoms with Crippen LogP contribution in [0.5, 0.6) is 0 Å². The summed E-state index contributed by atoms with van der Waals surface area (Å²) in [5.41, 5.74) is 3.20. The highest BCUT2D eigenvalue weighted by molar-refractivity contribution is 5.67. The molecule has 1 aromatic carbocycles. The average molecular weight is 179 g/mol. The third-order valence-electron chi connectivity index (χ3n) is 1.76. The Kier molecular flexibility index (Phi) is 2.14. The molecule has 1 fully saturated rings. The Balaban J connectivity index is 1.96. The van der Waals surface area contributed by atoms with E-state index in [-0.39, 0.29) is 0 Å². The van der Waals surface area contributed by atoms with Gasteiger partial charge in [-0.1, -0.05) is 30.3 Å². The Hall–Kier alpha value is -1.55. The lowest BCUT2D eigenvalue weighted by atomic mass is 10.1. The van der Waals surface area contributed by atoms with E-state index in [4.69, 9.17) is 9.57 Å². The highest BCUT2D eigenvalue weighted by Crippen LogP contribution is 2.09. The number of carbonyl (C=O) groups excluding carboxylic acids is 1. The van der Waals surface area contributed by atoms with Gasteiger partial charge in [0.15, 0.2) is 0 Å². The van der Waals surface area contributed by atoms with Gasteiger partial charge in [0.25, 0.3) is 0 Å². The molecule has 1 saturated heterocycles. The number of nitrogens with one attached hydrogen (secondary N) is 1. The maximum Gasteiger partial charge on any atom is 0.433 e. The third kappa shape index (κ3) is 1.97. The lowest BCUT2D eigenvalue weighted by Gasteiger charge is -2.05. The fraction of sp³-hybridized carbons (Fsp3) is 0.222. The average Bonchev–Trinajstić information content (AvgIpc) is 2.53. The summed E-state index contributed by atoms with van der Waals surface area (Å²) in [5.74, 6) is 0. The molecule has 1 unspecified atom stereocenters. The van der Waals surface area contributed by atoms with Gasteiger partial charge in [0.2, 0.25) is 6.29 Å². The highest BCUT2D eigenvalue weighted by atomic mass is 16.9. The number of carbonyl (C=O) groups is 1. The molecule has 0 spiro atoms. The van der Waals surface area contributed by atoms with Gasteiger partial charge in [-0.3, -0.25) is 0 Å². The zero-order chi connectivity index (χ0) is 9.10. The highest BCUT2D eigenvalue weighted by Gasteiger charge is 2.23. The number of benzene rings is 1. The lowest BCUT2D eigenvalue weighted by molar-refractivity contribution is -0.0562. The van der Waals surface area contributed by atoms with E-state index in [9.17, 15) is 4.79 Å². The van der Waals surface area contributed by atoms with E-state index in [0.717, 1.165) is 5.56 Å². The van der Waals surface area contributed by atoms with Gasteiger partial charge >= 0.3 is 6.09 Å². The summed E-state index contributed by atoms with van der Waals surface area (Å²) >= 11 is 0. The Bertz CT molecular complexity index is 299. The molecule has 1 atom stereocenters. The molecule has 1 aliphatic rings. The third-order valence-corrected chi connectivity index (χ3v) is 1.76. The maximum absolute atomic E-state index is 10.6. The van der Waals surface area contributed by atoms with Gasteiger partial charge in [-0.05, 0) is 5.56 Å². The van der Waals surface area contributed by atoms with Crippen molar-refractivity contribution in [3.05, 3.63) is 35.9 Å². The Labute approximate surface area is 75.4 Å². The van der Waals surface area contributed by atoms with Crippen LogP contribution in [0.25, 0.3) is 0 Å². The van der Waals surface area contributed by atoms with Crippen LogP contribution in [0.2, 0.25) is 0 Å². The van der Waals surface area contributed by atoms with Crippen LogP contribution in [-0.2, 0) is 16.0 Å². The van der Waals surface area contributed by atoms with Crippen molar-refractivity contribution >= 4 is 6.09 Å². The molecule has 1 N–H and O–H groups in total. The molecule has 0 bridgehead atoms. The van der Waals surface area contributed by atoms with E-state index >= 15 is 0 Å². The smallest absolute Gasteiger partial charge is 0.416 e. The molecule has 13 heavy (non-hydrogen) atoms. The van der Waals surface area contributed by atoms with E-state index in [0.29, 0.717) is 6.42 Å². The van der Waals surface area contributed by atoms with Gasteiger partial charge < -0.3 is 4.74 Å². The van der Waals surface area contributed by atoms with Gasteiger partial charge in [0.1, 0.15) is 0 Å². The zero-order valence-electron chi connectivity index (χ0n) is 6.90. The number of hydrogen-bond donors (Lipinski definition) is 1. The molecule has 1 aromatic rings. The maximum atomic E-state index is 10.6. The van der Waals surface area contributed by atoms with Crippen molar-refractivity contribution in [2.24, 2.45) is 0 Å². The number of hydrogen-bond acceptors (Lipinski definition) is 3. The van der Waals surface area contributed by atoms with Crippen LogP contribution in [0.15, 0.2) is 30.3 Å². The second-order valence-electron chi connectivity index (χ2n) is 2.74. The Morgan fingerprint density at radius 3 is 2.69 bits per heavy atom. The molecule has 0 saturated carbocycles. The predicted octanol–water partition coefficient (Wildman–Crippen LogP) is 1.23. The van der Waals surface area contributed by atoms with Crippen LogP contribution < -0.4 is 5.48 Å². The quantitative estimate of drug-likeness (QED) is 0.742. The van der Waals surface area contributed by atoms with Crippen LogP contribution in [0.3, 0.4) is 0 Å². The van der Waals surface area contributed by atoms with E-state index in [1.165, 1.54) is 0 Å². The van der Waals surface area contributed by atoms with Crippen molar-refractivity contribution in [2.45, 2.75) is 12.7 Å². The molecule has 1 heterocycles. The predicted molar refractivity (Wildman–Crippen MR) is 44.6 cm³/mol. The van der Waals surface area contributed by atoms with E-state index in [1.807, 2.05) is 30.3 Å². The molecule has 0 aliphatic carbocycles. The number of hydroxylamine groups is 1. The Morgan fingerprint density at radius 1 is 1.31 bits per heavy atom. The standard InChI is InChI=1S/C9H9NO3/c11-9-10-13-8(12-9)6-7-4-2-1-3-5-7/h1-5,8H,6H2,(H,10,11). The second kappa shape index (κ2) is 3.45. The number of amides is 1. The monoisotopic (exact) mass is 179 g/mol. The number of ether oxygens (including phenoxy) is 1. The summed E-state index contributed by atoms with van der Waals surface area (Å²) in [6, 6.07) is 9.70. The van der Waals surface area contributed by atoms with Crippen LogP contribution in [0.1, 0.15) is 5.56 Å². The Morgan fingerprint density at radius 2 is 2.08 bits per heavy atom. The molecule has 1 amide bonds. The summed E-state index contributed by atoms with van der Waals surface area (Å²) in [6.07, 6.45) is -0.463. The summed E-state index contributed by atoms with van der Waals surface area (Å²) in [6.45, 7) is 0. The van der Waals surface area contributed by atoms with Crippen LogP contribution in [0.4, 0.5) is 4.79 Å². The van der Waals surface area contributed by atoms with E-state index in [2.05, 4.69) is 5.48 Å². The van der Waals surface area contributed by atoms with Crippen molar-refractivity contribution in [1.29, 1.82) is 0 Å². The fourth-order valence-corrected chi connectivity index (χ4v) is 1.17. The van der Waals surface area contributed by atoms with Gasteiger partial charge in [0.05, 0.1) is 0 Å². The minimum absolute atomic E-state index is 0.505. The van der Waals surface area contributed by atoms with Crippen LogP contribution >= 0.6 is 0 Å².